The van der Waals surface area contributed by atoms with Crippen LogP contribution in [0.25, 0.3) is 0 Å². The van der Waals surface area contributed by atoms with Crippen LogP contribution in [0.2, 0.25) is 0 Å². The molecule has 2 atom stereocenters. The van der Waals surface area contributed by atoms with Crippen LogP contribution < -0.4 is 5.32 Å². The number of aliphatic hydroxyl groups excluding tert-OH is 1. The molecule has 2 N–H and O–H groups in total. The third kappa shape index (κ3) is 4.07. The molecular weight excluding hydrogens is 211 g/mol. The zero-order chi connectivity index (χ0) is 11.5. The fourth-order valence-electron chi connectivity index (χ4n) is 1.89. The van der Waals surface area contributed by atoms with Gasteiger partial charge < -0.3 is 10.4 Å². The molecule has 1 fully saturated rings. The van der Waals surface area contributed by atoms with E-state index in [4.69, 9.17) is 5.11 Å². The highest BCUT2D eigenvalue weighted by atomic mass is 19.4. The van der Waals surface area contributed by atoms with Crippen molar-refractivity contribution >= 4 is 5.91 Å². The van der Waals surface area contributed by atoms with Crippen LogP contribution in [0.3, 0.4) is 0 Å². The Bertz CT molecular complexity index is 230. The summed E-state index contributed by atoms with van der Waals surface area (Å²) < 4.78 is 35.5. The second-order valence-electron chi connectivity index (χ2n) is 3.84. The van der Waals surface area contributed by atoms with Crippen LogP contribution in [-0.2, 0) is 4.79 Å². The molecule has 0 radical (unpaired) electrons. The van der Waals surface area contributed by atoms with Gasteiger partial charge >= 0.3 is 6.18 Å². The molecule has 1 aliphatic carbocycles. The first-order valence-electron chi connectivity index (χ1n) is 4.89. The van der Waals surface area contributed by atoms with Gasteiger partial charge in [0.15, 0.2) is 0 Å². The molecule has 1 rings (SSSR count). The number of nitrogens with one attached hydrogen (secondary N) is 1. The molecule has 0 aromatic heterocycles. The smallest absolute Gasteiger partial charge is 0.396 e. The van der Waals surface area contributed by atoms with E-state index in [0.717, 1.165) is 12.8 Å². The SMILES string of the molecule is O=C(CC(F)(F)F)NC1CCCC1CO. The quantitative estimate of drug-likeness (QED) is 0.758. The molecule has 1 amide bonds. The molecule has 0 aromatic rings. The third-order valence-electron chi connectivity index (χ3n) is 2.60. The van der Waals surface area contributed by atoms with Gasteiger partial charge in [-0.1, -0.05) is 6.42 Å². The van der Waals surface area contributed by atoms with Crippen LogP contribution in [0, 0.1) is 5.92 Å². The molecule has 88 valence electrons. The predicted octanol–water partition coefficient (Wildman–Crippen LogP) is 1.22. The van der Waals surface area contributed by atoms with Crippen LogP contribution in [0.5, 0.6) is 0 Å². The number of carbonyl (C=O) groups is 1. The maximum Gasteiger partial charge on any atom is 0.397 e. The first-order chi connectivity index (χ1) is 6.92. The molecule has 1 aliphatic rings. The highest BCUT2D eigenvalue weighted by molar-refractivity contribution is 5.76. The Kier molecular flexibility index (Phi) is 3.96. The van der Waals surface area contributed by atoms with E-state index in [0.29, 0.717) is 6.42 Å². The van der Waals surface area contributed by atoms with Crippen molar-refractivity contribution in [3.63, 3.8) is 0 Å². The summed E-state index contributed by atoms with van der Waals surface area (Å²) in [4.78, 5) is 11.0. The van der Waals surface area contributed by atoms with E-state index < -0.39 is 18.5 Å². The Morgan fingerprint density at radius 1 is 1.40 bits per heavy atom. The van der Waals surface area contributed by atoms with E-state index in [9.17, 15) is 18.0 Å². The predicted molar refractivity (Wildman–Crippen MR) is 47.0 cm³/mol. The Labute approximate surface area is 85.7 Å². The van der Waals surface area contributed by atoms with Crippen molar-refractivity contribution in [2.24, 2.45) is 5.92 Å². The molecule has 3 nitrogen and oxygen atoms in total. The molecule has 0 aliphatic heterocycles. The van der Waals surface area contributed by atoms with E-state index in [1.54, 1.807) is 0 Å². The normalized spacial score (nSPS) is 26.7. The Hall–Kier alpha value is -0.780. The summed E-state index contributed by atoms with van der Waals surface area (Å²) in [5.41, 5.74) is 0. The van der Waals surface area contributed by atoms with Crippen molar-refractivity contribution in [2.75, 3.05) is 6.61 Å². The first-order valence-corrected chi connectivity index (χ1v) is 4.89. The molecular formula is C9H14F3NO2. The van der Waals surface area contributed by atoms with Gasteiger partial charge in [-0.05, 0) is 12.8 Å². The zero-order valence-corrected chi connectivity index (χ0v) is 8.18. The lowest BCUT2D eigenvalue weighted by molar-refractivity contribution is -0.154. The minimum Gasteiger partial charge on any atom is -0.396 e. The topological polar surface area (TPSA) is 49.3 Å². The van der Waals surface area contributed by atoms with Crippen molar-refractivity contribution in [1.29, 1.82) is 0 Å². The second kappa shape index (κ2) is 4.83. The number of aliphatic hydroxyl groups is 1. The number of amides is 1. The summed E-state index contributed by atoms with van der Waals surface area (Å²) in [6.45, 7) is -0.0863. The summed E-state index contributed by atoms with van der Waals surface area (Å²) in [6, 6.07) is -0.301. The van der Waals surface area contributed by atoms with Gasteiger partial charge in [-0.15, -0.1) is 0 Å². The molecule has 6 heteroatoms. The molecule has 15 heavy (non-hydrogen) atoms. The minimum atomic E-state index is -4.46. The number of alkyl halides is 3. The van der Waals surface area contributed by atoms with Crippen molar-refractivity contribution in [1.82, 2.24) is 5.32 Å². The summed E-state index contributed by atoms with van der Waals surface area (Å²) in [5.74, 6) is -1.10. The highest BCUT2D eigenvalue weighted by Gasteiger charge is 2.34. The van der Waals surface area contributed by atoms with E-state index in [-0.39, 0.29) is 18.6 Å². The molecule has 2 unspecified atom stereocenters. The minimum absolute atomic E-state index is 0.0863. The van der Waals surface area contributed by atoms with Gasteiger partial charge in [0.05, 0.1) is 0 Å². The summed E-state index contributed by atoms with van der Waals surface area (Å²) in [6.07, 6.45) is -3.66. The molecule has 0 heterocycles. The van der Waals surface area contributed by atoms with Crippen LogP contribution in [-0.4, -0.2) is 29.8 Å². The molecule has 1 saturated carbocycles. The van der Waals surface area contributed by atoms with Gasteiger partial charge in [0.2, 0.25) is 5.91 Å². The van der Waals surface area contributed by atoms with Crippen LogP contribution >= 0.6 is 0 Å². The monoisotopic (exact) mass is 225 g/mol. The van der Waals surface area contributed by atoms with Crippen molar-refractivity contribution in [3.8, 4) is 0 Å². The van der Waals surface area contributed by atoms with Crippen molar-refractivity contribution in [2.45, 2.75) is 37.9 Å². The van der Waals surface area contributed by atoms with Gasteiger partial charge in [0.25, 0.3) is 0 Å². The number of carbonyl (C=O) groups excluding carboxylic acids is 1. The molecule has 0 bridgehead atoms. The van der Waals surface area contributed by atoms with Gasteiger partial charge in [-0.3, -0.25) is 4.79 Å². The van der Waals surface area contributed by atoms with Gasteiger partial charge in [-0.2, -0.15) is 13.2 Å². The van der Waals surface area contributed by atoms with Crippen molar-refractivity contribution in [3.05, 3.63) is 0 Å². The van der Waals surface area contributed by atoms with Crippen LogP contribution in [0.4, 0.5) is 13.2 Å². The lowest BCUT2D eigenvalue weighted by Crippen LogP contribution is -2.40. The first kappa shape index (κ1) is 12.3. The lowest BCUT2D eigenvalue weighted by atomic mass is 10.1. The maximum absolute atomic E-state index is 11.8. The fraction of sp³-hybridized carbons (Fsp3) is 0.889. The average molecular weight is 225 g/mol. The van der Waals surface area contributed by atoms with Crippen LogP contribution in [0.15, 0.2) is 0 Å². The van der Waals surface area contributed by atoms with Crippen LogP contribution in [0.1, 0.15) is 25.7 Å². The number of halogens is 3. The summed E-state index contributed by atoms with van der Waals surface area (Å²) in [5, 5.41) is 11.2. The zero-order valence-electron chi connectivity index (χ0n) is 8.18. The number of hydrogen-bond acceptors (Lipinski definition) is 2. The Balaban J connectivity index is 2.37. The third-order valence-corrected chi connectivity index (χ3v) is 2.60. The largest absolute Gasteiger partial charge is 0.397 e. The Morgan fingerprint density at radius 2 is 2.07 bits per heavy atom. The number of rotatable bonds is 3. The lowest BCUT2D eigenvalue weighted by Gasteiger charge is -2.19. The van der Waals surface area contributed by atoms with E-state index in [2.05, 4.69) is 5.32 Å². The highest BCUT2D eigenvalue weighted by Crippen LogP contribution is 2.26. The summed E-state index contributed by atoms with van der Waals surface area (Å²) in [7, 11) is 0. The average Bonchev–Trinajstić information content (AvgIpc) is 2.48. The van der Waals surface area contributed by atoms with Gasteiger partial charge in [0.1, 0.15) is 6.42 Å². The van der Waals surface area contributed by atoms with E-state index in [1.165, 1.54) is 0 Å². The molecule has 0 saturated heterocycles. The van der Waals surface area contributed by atoms with Crippen molar-refractivity contribution < 1.29 is 23.1 Å². The number of hydrogen-bond donors (Lipinski definition) is 2. The standard InChI is InChI=1S/C9H14F3NO2/c10-9(11,12)4-8(15)13-7-3-1-2-6(7)5-14/h6-7,14H,1-5H2,(H,13,15). The maximum atomic E-state index is 11.8. The summed E-state index contributed by atoms with van der Waals surface area (Å²) >= 11 is 0. The Morgan fingerprint density at radius 3 is 2.60 bits per heavy atom. The van der Waals surface area contributed by atoms with Gasteiger partial charge in [-0.25, -0.2) is 0 Å². The fourth-order valence-corrected chi connectivity index (χ4v) is 1.89. The molecule has 0 aromatic carbocycles. The van der Waals surface area contributed by atoms with E-state index >= 15 is 0 Å². The van der Waals surface area contributed by atoms with E-state index in [1.807, 2.05) is 0 Å². The van der Waals surface area contributed by atoms with Gasteiger partial charge in [0, 0.05) is 18.6 Å². The second-order valence-corrected chi connectivity index (χ2v) is 3.84. The molecule has 0 spiro atoms.